The van der Waals surface area contributed by atoms with Crippen LogP contribution in [-0.2, 0) is 11.3 Å². The van der Waals surface area contributed by atoms with E-state index in [0.29, 0.717) is 17.3 Å². The first-order valence-electron chi connectivity index (χ1n) is 8.88. The molecule has 7 heteroatoms. The summed E-state index contributed by atoms with van der Waals surface area (Å²) in [6.07, 6.45) is 0. The van der Waals surface area contributed by atoms with E-state index in [1.165, 1.54) is 0 Å². The normalized spacial score (nSPS) is 10.5. The van der Waals surface area contributed by atoms with Crippen molar-refractivity contribution in [3.63, 3.8) is 0 Å². The molecule has 3 aromatic carbocycles. The second-order valence-corrected chi connectivity index (χ2v) is 8.55. The number of halogens is 3. The SMILES string of the molecule is Cc1ccc(Cl)cc1NCc1cc(Br)c(OCC(=O)Nc2ccccc2)c(Br)c1. The van der Waals surface area contributed by atoms with Crippen molar-refractivity contribution in [1.29, 1.82) is 0 Å². The van der Waals surface area contributed by atoms with Gasteiger partial charge in [-0.05, 0) is 86.3 Å². The van der Waals surface area contributed by atoms with Crippen LogP contribution in [0.2, 0.25) is 5.02 Å². The number of amides is 1. The molecule has 0 saturated heterocycles. The lowest BCUT2D eigenvalue weighted by molar-refractivity contribution is -0.118. The number of benzene rings is 3. The molecule has 0 spiro atoms. The lowest BCUT2D eigenvalue weighted by Crippen LogP contribution is -2.20. The van der Waals surface area contributed by atoms with Crippen LogP contribution in [0.5, 0.6) is 5.75 Å². The smallest absolute Gasteiger partial charge is 0.262 e. The van der Waals surface area contributed by atoms with Crippen molar-refractivity contribution in [2.24, 2.45) is 0 Å². The first kappa shape index (κ1) is 21.7. The predicted octanol–water partition coefficient (Wildman–Crippen LogP) is 6.80. The number of nitrogens with one attached hydrogen (secondary N) is 2. The largest absolute Gasteiger partial charge is 0.481 e. The molecule has 0 fully saturated rings. The molecule has 150 valence electrons. The molecule has 0 aliphatic heterocycles. The van der Waals surface area contributed by atoms with E-state index in [-0.39, 0.29) is 12.5 Å². The van der Waals surface area contributed by atoms with Gasteiger partial charge in [0.05, 0.1) is 8.95 Å². The van der Waals surface area contributed by atoms with E-state index in [1.807, 2.05) is 67.6 Å². The number of ether oxygens (including phenoxy) is 1. The van der Waals surface area contributed by atoms with E-state index in [1.54, 1.807) is 0 Å². The Labute approximate surface area is 191 Å². The van der Waals surface area contributed by atoms with Crippen LogP contribution in [0.3, 0.4) is 0 Å². The minimum Gasteiger partial charge on any atom is -0.481 e. The lowest BCUT2D eigenvalue weighted by atomic mass is 10.1. The van der Waals surface area contributed by atoms with E-state index < -0.39 is 0 Å². The zero-order chi connectivity index (χ0) is 20.8. The zero-order valence-corrected chi connectivity index (χ0v) is 19.6. The van der Waals surface area contributed by atoms with Crippen LogP contribution < -0.4 is 15.4 Å². The summed E-state index contributed by atoms with van der Waals surface area (Å²) in [6.45, 7) is 2.56. The molecule has 3 rings (SSSR count). The van der Waals surface area contributed by atoms with Gasteiger partial charge in [-0.2, -0.15) is 0 Å². The van der Waals surface area contributed by atoms with Crippen LogP contribution in [0.1, 0.15) is 11.1 Å². The van der Waals surface area contributed by atoms with Gasteiger partial charge in [0.15, 0.2) is 6.61 Å². The van der Waals surface area contributed by atoms with Gasteiger partial charge >= 0.3 is 0 Å². The van der Waals surface area contributed by atoms with Gasteiger partial charge in [-0.15, -0.1) is 0 Å². The number of carbonyl (C=O) groups excluding carboxylic acids is 1. The third-order valence-electron chi connectivity index (χ3n) is 4.15. The first-order chi connectivity index (χ1) is 13.9. The number of aryl methyl sites for hydroxylation is 1. The highest BCUT2D eigenvalue weighted by molar-refractivity contribution is 9.11. The standard InChI is InChI=1S/C22H19Br2ClN2O2/c1-14-7-8-16(25)11-20(14)26-12-15-9-18(23)22(19(24)10-15)29-13-21(28)27-17-5-3-2-4-6-17/h2-11,26H,12-13H2,1H3,(H,27,28). The molecule has 0 bridgehead atoms. The Morgan fingerprint density at radius 1 is 1.03 bits per heavy atom. The fourth-order valence-corrected chi connectivity index (χ4v) is 4.37. The number of carbonyl (C=O) groups is 1. The third kappa shape index (κ3) is 6.23. The van der Waals surface area contributed by atoms with Crippen molar-refractivity contribution in [2.45, 2.75) is 13.5 Å². The Bertz CT molecular complexity index is 990. The van der Waals surface area contributed by atoms with Gasteiger partial charge in [0.2, 0.25) is 0 Å². The Kier molecular flexibility index (Phi) is 7.58. The van der Waals surface area contributed by atoms with Gasteiger partial charge in [-0.3, -0.25) is 4.79 Å². The monoisotopic (exact) mass is 536 g/mol. The molecule has 0 aliphatic carbocycles. The van der Waals surface area contributed by atoms with Gasteiger partial charge in [0.25, 0.3) is 5.91 Å². The summed E-state index contributed by atoms with van der Waals surface area (Å²) in [5, 5.41) is 6.88. The quantitative estimate of drug-likeness (QED) is 0.348. The van der Waals surface area contributed by atoms with Crippen LogP contribution in [0.15, 0.2) is 69.6 Å². The number of hydrogen-bond acceptors (Lipinski definition) is 3. The molecule has 0 unspecified atom stereocenters. The van der Waals surface area contributed by atoms with E-state index in [0.717, 1.165) is 31.4 Å². The van der Waals surface area contributed by atoms with Crippen molar-refractivity contribution in [3.05, 3.63) is 85.8 Å². The Hall–Kier alpha value is -2.02. The van der Waals surface area contributed by atoms with Gasteiger partial charge in [0, 0.05) is 22.9 Å². The number of anilines is 2. The summed E-state index contributed by atoms with van der Waals surface area (Å²) >= 11 is 13.1. The van der Waals surface area contributed by atoms with Gasteiger partial charge in [-0.25, -0.2) is 0 Å². The van der Waals surface area contributed by atoms with E-state index in [9.17, 15) is 4.79 Å². The fourth-order valence-electron chi connectivity index (χ4n) is 2.69. The Balaban J connectivity index is 1.61. The molecule has 4 nitrogen and oxygen atoms in total. The van der Waals surface area contributed by atoms with Crippen LogP contribution in [0, 0.1) is 6.92 Å². The zero-order valence-electron chi connectivity index (χ0n) is 15.6. The van der Waals surface area contributed by atoms with Crippen LogP contribution in [0.4, 0.5) is 11.4 Å². The van der Waals surface area contributed by atoms with E-state index >= 15 is 0 Å². The maximum atomic E-state index is 12.1. The number of hydrogen-bond donors (Lipinski definition) is 2. The summed E-state index contributed by atoms with van der Waals surface area (Å²) in [7, 11) is 0. The highest BCUT2D eigenvalue weighted by atomic mass is 79.9. The molecule has 0 aliphatic rings. The van der Waals surface area contributed by atoms with Crippen molar-refractivity contribution in [2.75, 3.05) is 17.2 Å². The molecule has 0 heterocycles. The summed E-state index contributed by atoms with van der Waals surface area (Å²) in [4.78, 5) is 12.1. The highest BCUT2D eigenvalue weighted by Crippen LogP contribution is 2.35. The van der Waals surface area contributed by atoms with Crippen molar-refractivity contribution < 1.29 is 9.53 Å². The van der Waals surface area contributed by atoms with E-state index in [4.69, 9.17) is 16.3 Å². The van der Waals surface area contributed by atoms with Crippen LogP contribution >= 0.6 is 43.5 Å². The Morgan fingerprint density at radius 3 is 2.41 bits per heavy atom. The minimum absolute atomic E-state index is 0.0919. The molecule has 1 amide bonds. The van der Waals surface area contributed by atoms with Crippen molar-refractivity contribution in [3.8, 4) is 5.75 Å². The summed E-state index contributed by atoms with van der Waals surface area (Å²) in [6, 6.07) is 18.9. The molecule has 3 aromatic rings. The second kappa shape index (κ2) is 10.1. The molecule has 2 N–H and O–H groups in total. The number of rotatable bonds is 7. The second-order valence-electron chi connectivity index (χ2n) is 6.40. The van der Waals surface area contributed by atoms with Gasteiger partial charge in [0.1, 0.15) is 5.75 Å². The Morgan fingerprint density at radius 2 is 1.72 bits per heavy atom. The molecular weight excluding hydrogens is 520 g/mol. The third-order valence-corrected chi connectivity index (χ3v) is 5.56. The van der Waals surface area contributed by atoms with Gasteiger partial charge < -0.3 is 15.4 Å². The van der Waals surface area contributed by atoms with E-state index in [2.05, 4.69) is 42.5 Å². The van der Waals surface area contributed by atoms with Gasteiger partial charge in [-0.1, -0.05) is 35.9 Å². The molecule has 29 heavy (non-hydrogen) atoms. The maximum Gasteiger partial charge on any atom is 0.262 e. The van der Waals surface area contributed by atoms with Crippen LogP contribution in [0.25, 0.3) is 0 Å². The summed E-state index contributed by atoms with van der Waals surface area (Å²) in [5.74, 6) is 0.355. The summed E-state index contributed by atoms with van der Waals surface area (Å²) in [5.41, 5.74) is 3.89. The average Bonchev–Trinajstić information content (AvgIpc) is 2.69. The topological polar surface area (TPSA) is 50.4 Å². The number of para-hydroxylation sites is 1. The van der Waals surface area contributed by atoms with Crippen LogP contribution in [-0.4, -0.2) is 12.5 Å². The average molecular weight is 539 g/mol. The highest BCUT2D eigenvalue weighted by Gasteiger charge is 2.12. The minimum atomic E-state index is -0.225. The summed E-state index contributed by atoms with van der Waals surface area (Å²) < 4.78 is 7.24. The van der Waals surface area contributed by atoms with Crippen molar-refractivity contribution >= 4 is 60.7 Å². The lowest BCUT2D eigenvalue weighted by Gasteiger charge is -2.14. The fraction of sp³-hybridized carbons (Fsp3) is 0.136. The molecule has 0 atom stereocenters. The predicted molar refractivity (Wildman–Crippen MR) is 126 cm³/mol. The molecular formula is C22H19Br2ClN2O2. The molecule has 0 radical (unpaired) electrons. The van der Waals surface area contributed by atoms with Crippen molar-refractivity contribution in [1.82, 2.24) is 0 Å². The first-order valence-corrected chi connectivity index (χ1v) is 10.8. The molecule has 0 aromatic heterocycles. The maximum absolute atomic E-state index is 12.1. The molecule has 0 saturated carbocycles.